The second kappa shape index (κ2) is 5.28. The predicted octanol–water partition coefficient (Wildman–Crippen LogP) is 1.67. The zero-order chi connectivity index (χ0) is 12.1. The lowest BCUT2D eigenvalue weighted by molar-refractivity contribution is 0.288. The van der Waals surface area contributed by atoms with E-state index in [9.17, 15) is 0 Å². The van der Waals surface area contributed by atoms with Gasteiger partial charge in [-0.25, -0.2) is 4.68 Å². The molecule has 0 unspecified atom stereocenters. The Morgan fingerprint density at radius 2 is 2.29 bits per heavy atom. The van der Waals surface area contributed by atoms with Crippen LogP contribution in [-0.4, -0.2) is 21.5 Å². The molecule has 1 N–H and O–H groups in total. The molecule has 86 valence electrons. The van der Waals surface area contributed by atoms with Crippen molar-refractivity contribution in [3.8, 4) is 11.8 Å². The van der Waals surface area contributed by atoms with Crippen molar-refractivity contribution < 1.29 is 5.11 Å². The van der Waals surface area contributed by atoms with Crippen molar-refractivity contribution >= 4 is 0 Å². The number of benzene rings is 1. The van der Waals surface area contributed by atoms with Gasteiger partial charge >= 0.3 is 0 Å². The summed E-state index contributed by atoms with van der Waals surface area (Å²) < 4.78 is 1.74. The van der Waals surface area contributed by atoms with E-state index in [0.717, 1.165) is 24.1 Å². The van der Waals surface area contributed by atoms with Crippen LogP contribution in [0, 0.1) is 11.3 Å². The quantitative estimate of drug-likeness (QED) is 0.864. The van der Waals surface area contributed by atoms with E-state index in [1.165, 1.54) is 0 Å². The molecule has 1 aromatic heterocycles. The van der Waals surface area contributed by atoms with Crippen LogP contribution < -0.4 is 0 Å². The van der Waals surface area contributed by atoms with Crippen LogP contribution in [0.4, 0.5) is 0 Å². The molecular weight excluding hydrogens is 214 g/mol. The second-order valence-corrected chi connectivity index (χ2v) is 3.78. The Labute approximate surface area is 99.7 Å². The molecule has 0 aliphatic heterocycles. The van der Waals surface area contributed by atoms with E-state index >= 15 is 0 Å². The molecular formula is C13H13N3O. The third-order valence-corrected chi connectivity index (χ3v) is 2.50. The minimum atomic E-state index is 0.190. The first-order valence-electron chi connectivity index (χ1n) is 5.48. The fourth-order valence-corrected chi connectivity index (χ4v) is 1.63. The van der Waals surface area contributed by atoms with E-state index in [4.69, 9.17) is 10.4 Å². The van der Waals surface area contributed by atoms with Gasteiger partial charge in [-0.3, -0.25) is 0 Å². The maximum absolute atomic E-state index is 8.82. The van der Waals surface area contributed by atoms with E-state index in [2.05, 4.69) is 11.2 Å². The molecule has 0 saturated carbocycles. The molecule has 0 spiro atoms. The number of aryl methyl sites for hydroxylation is 1. The van der Waals surface area contributed by atoms with Gasteiger partial charge in [0.05, 0.1) is 23.5 Å². The molecule has 0 radical (unpaired) electrons. The van der Waals surface area contributed by atoms with E-state index in [1.54, 1.807) is 23.0 Å². The minimum Gasteiger partial charge on any atom is -0.396 e. The first-order valence-corrected chi connectivity index (χ1v) is 5.48. The summed E-state index contributed by atoms with van der Waals surface area (Å²) in [5.74, 6) is 0. The van der Waals surface area contributed by atoms with Gasteiger partial charge in [0.25, 0.3) is 0 Å². The molecule has 4 nitrogen and oxygen atoms in total. The Morgan fingerprint density at radius 3 is 3.06 bits per heavy atom. The Hall–Kier alpha value is -2.12. The molecule has 4 heteroatoms. The molecule has 0 atom stereocenters. The lowest BCUT2D eigenvalue weighted by Crippen LogP contribution is -1.94. The van der Waals surface area contributed by atoms with Crippen LogP contribution in [0.3, 0.4) is 0 Å². The Morgan fingerprint density at radius 1 is 1.41 bits per heavy atom. The van der Waals surface area contributed by atoms with Gasteiger partial charge in [-0.05, 0) is 36.6 Å². The van der Waals surface area contributed by atoms with Gasteiger partial charge in [0.2, 0.25) is 0 Å². The highest BCUT2D eigenvalue weighted by Gasteiger charge is 2.01. The highest BCUT2D eigenvalue weighted by molar-refractivity contribution is 5.40. The molecule has 1 heterocycles. The van der Waals surface area contributed by atoms with Crippen molar-refractivity contribution in [2.75, 3.05) is 6.61 Å². The third kappa shape index (κ3) is 2.71. The maximum Gasteiger partial charge on any atom is 0.0992 e. The number of aliphatic hydroxyl groups excluding tert-OH is 1. The number of nitriles is 1. The van der Waals surface area contributed by atoms with E-state index in [0.29, 0.717) is 5.56 Å². The normalized spacial score (nSPS) is 10.1. The van der Waals surface area contributed by atoms with Crippen molar-refractivity contribution in [1.29, 1.82) is 5.26 Å². The topological polar surface area (TPSA) is 61.8 Å². The molecule has 0 amide bonds. The predicted molar refractivity (Wildman–Crippen MR) is 63.7 cm³/mol. The first kappa shape index (κ1) is 11.4. The van der Waals surface area contributed by atoms with Crippen LogP contribution in [-0.2, 0) is 6.42 Å². The van der Waals surface area contributed by atoms with Crippen molar-refractivity contribution in [3.63, 3.8) is 0 Å². The van der Waals surface area contributed by atoms with Crippen molar-refractivity contribution in [2.24, 2.45) is 0 Å². The van der Waals surface area contributed by atoms with Gasteiger partial charge in [-0.1, -0.05) is 6.07 Å². The fourth-order valence-electron chi connectivity index (χ4n) is 1.63. The lowest BCUT2D eigenvalue weighted by atomic mass is 10.2. The number of hydrogen-bond acceptors (Lipinski definition) is 3. The van der Waals surface area contributed by atoms with Crippen LogP contribution in [0.1, 0.15) is 17.5 Å². The van der Waals surface area contributed by atoms with Crippen LogP contribution in [0.5, 0.6) is 0 Å². The molecule has 1 aromatic carbocycles. The summed E-state index contributed by atoms with van der Waals surface area (Å²) in [5, 5.41) is 21.8. The molecule has 0 fully saturated rings. The smallest absolute Gasteiger partial charge is 0.0992 e. The van der Waals surface area contributed by atoms with Gasteiger partial charge in [0, 0.05) is 12.8 Å². The summed E-state index contributed by atoms with van der Waals surface area (Å²) in [6.45, 7) is 0.190. The number of hydrogen-bond donors (Lipinski definition) is 1. The van der Waals surface area contributed by atoms with Crippen LogP contribution >= 0.6 is 0 Å². The molecule has 0 saturated heterocycles. The van der Waals surface area contributed by atoms with Gasteiger partial charge < -0.3 is 5.11 Å². The van der Waals surface area contributed by atoms with Gasteiger partial charge in [0.15, 0.2) is 0 Å². The molecule has 2 aromatic rings. The van der Waals surface area contributed by atoms with Gasteiger partial charge in [-0.15, -0.1) is 0 Å². The highest BCUT2D eigenvalue weighted by atomic mass is 16.2. The van der Waals surface area contributed by atoms with Crippen molar-refractivity contribution in [3.05, 3.63) is 47.8 Å². The number of aromatic nitrogens is 2. The molecule has 0 aliphatic carbocycles. The summed E-state index contributed by atoms with van der Waals surface area (Å²) >= 11 is 0. The monoisotopic (exact) mass is 227 g/mol. The number of aliphatic hydroxyl groups is 1. The summed E-state index contributed by atoms with van der Waals surface area (Å²) in [6.07, 6.45) is 5.26. The largest absolute Gasteiger partial charge is 0.396 e. The first-order chi connectivity index (χ1) is 8.33. The van der Waals surface area contributed by atoms with Gasteiger partial charge in [0.1, 0.15) is 0 Å². The van der Waals surface area contributed by atoms with E-state index < -0.39 is 0 Å². The van der Waals surface area contributed by atoms with Gasteiger partial charge in [-0.2, -0.15) is 10.4 Å². The summed E-state index contributed by atoms with van der Waals surface area (Å²) in [4.78, 5) is 0. The molecule has 0 bridgehead atoms. The average molecular weight is 227 g/mol. The summed E-state index contributed by atoms with van der Waals surface area (Å²) in [5.41, 5.74) is 2.58. The van der Waals surface area contributed by atoms with Crippen molar-refractivity contribution in [2.45, 2.75) is 12.8 Å². The van der Waals surface area contributed by atoms with Crippen molar-refractivity contribution in [1.82, 2.24) is 9.78 Å². The molecule has 17 heavy (non-hydrogen) atoms. The second-order valence-electron chi connectivity index (χ2n) is 3.78. The minimum absolute atomic E-state index is 0.190. The van der Waals surface area contributed by atoms with E-state index in [-0.39, 0.29) is 6.61 Å². The Bertz CT molecular complexity index is 540. The Balaban J connectivity index is 2.21. The maximum atomic E-state index is 8.82. The fraction of sp³-hybridized carbons (Fsp3) is 0.231. The third-order valence-electron chi connectivity index (χ3n) is 2.50. The van der Waals surface area contributed by atoms with E-state index in [1.807, 2.05) is 18.3 Å². The SMILES string of the molecule is N#Cc1cccc(-n2cc(CCCO)cn2)c1. The zero-order valence-corrected chi connectivity index (χ0v) is 9.37. The number of nitrogens with zero attached hydrogens (tertiary/aromatic N) is 3. The zero-order valence-electron chi connectivity index (χ0n) is 9.37. The number of rotatable bonds is 4. The average Bonchev–Trinajstić information content (AvgIpc) is 2.85. The van der Waals surface area contributed by atoms with Crippen LogP contribution in [0.15, 0.2) is 36.7 Å². The lowest BCUT2D eigenvalue weighted by Gasteiger charge is -2.00. The van der Waals surface area contributed by atoms with Crippen LogP contribution in [0.25, 0.3) is 5.69 Å². The summed E-state index contributed by atoms with van der Waals surface area (Å²) in [6, 6.07) is 9.40. The summed E-state index contributed by atoms with van der Waals surface area (Å²) in [7, 11) is 0. The van der Waals surface area contributed by atoms with Crippen LogP contribution in [0.2, 0.25) is 0 Å². The molecule has 0 aliphatic rings. The molecule has 2 rings (SSSR count). The standard InChI is InChI=1S/C13H13N3O/c14-8-11-3-1-5-13(7-11)16-10-12(9-15-16)4-2-6-17/h1,3,5,7,9-10,17H,2,4,6H2. The Kier molecular flexibility index (Phi) is 3.53. The highest BCUT2D eigenvalue weighted by Crippen LogP contribution is 2.11.